The molecule has 1 aromatic rings. The number of anilines is 1. The van der Waals surface area contributed by atoms with E-state index in [2.05, 4.69) is 44.8 Å². The minimum atomic E-state index is -0.914. The first-order valence-corrected chi connectivity index (χ1v) is 22.7. The van der Waals surface area contributed by atoms with Crippen LogP contribution in [0.4, 0.5) is 10.5 Å². The van der Waals surface area contributed by atoms with Crippen molar-refractivity contribution in [3.63, 3.8) is 0 Å². The summed E-state index contributed by atoms with van der Waals surface area (Å²) in [5.74, 6) is 0.190. The zero-order valence-corrected chi connectivity index (χ0v) is 35.2. The van der Waals surface area contributed by atoms with Crippen molar-refractivity contribution in [3.05, 3.63) is 30.3 Å². The lowest BCUT2D eigenvalue weighted by Crippen LogP contribution is -2.69. The normalized spacial score (nSPS) is 21.4. The van der Waals surface area contributed by atoms with Crippen molar-refractivity contribution in [1.82, 2.24) is 9.80 Å². The molecule has 1 saturated carbocycles. The molecule has 0 bridgehead atoms. The maximum atomic E-state index is 15.0. The summed E-state index contributed by atoms with van der Waals surface area (Å²) in [5, 5.41) is 3.14. The van der Waals surface area contributed by atoms with E-state index < -0.39 is 22.4 Å². The number of nitrogens with one attached hydrogen (secondary N) is 1. The maximum Gasteiger partial charge on any atom is 0.322 e. The summed E-state index contributed by atoms with van der Waals surface area (Å²) in [6.45, 7) is 11.6. The first-order valence-electron chi connectivity index (χ1n) is 22.7. The molecule has 2 aliphatic heterocycles. The Kier molecular flexibility index (Phi) is 18.0. The van der Waals surface area contributed by atoms with Crippen LogP contribution in [0.2, 0.25) is 0 Å². The highest BCUT2D eigenvalue weighted by Crippen LogP contribution is 2.54. The van der Waals surface area contributed by atoms with E-state index >= 15 is 4.79 Å². The number of ether oxygens (including phenoxy) is 1. The Labute approximate surface area is 326 Å². The van der Waals surface area contributed by atoms with Crippen LogP contribution in [0.25, 0.3) is 0 Å². The number of hydrogen-bond acceptors (Lipinski definition) is 3. The minimum Gasteiger partial charge on any atom is -0.339 e. The molecule has 53 heavy (non-hydrogen) atoms. The zero-order chi connectivity index (χ0) is 38.0. The minimum absolute atomic E-state index is 0.114. The number of benzene rings is 1. The highest BCUT2D eigenvalue weighted by atomic mass is 16.6. The van der Waals surface area contributed by atoms with Crippen LogP contribution in [0.3, 0.4) is 0 Å². The fourth-order valence-electron chi connectivity index (χ4n) is 10.5. The van der Waals surface area contributed by atoms with Gasteiger partial charge in [0.1, 0.15) is 5.72 Å². The van der Waals surface area contributed by atoms with E-state index in [0.29, 0.717) is 12.8 Å². The molecule has 6 nitrogen and oxygen atoms in total. The number of piperidine rings is 1. The third kappa shape index (κ3) is 13.0. The number of unbranched alkanes of at least 4 members (excludes halogenated alkanes) is 15. The van der Waals surface area contributed by atoms with Gasteiger partial charge in [-0.25, -0.2) is 4.79 Å². The van der Waals surface area contributed by atoms with Crippen molar-refractivity contribution in [3.8, 4) is 0 Å². The van der Waals surface area contributed by atoms with E-state index in [0.717, 1.165) is 44.3 Å². The molecule has 0 radical (unpaired) electrons. The lowest BCUT2D eigenvalue weighted by molar-refractivity contribution is -0.192. The van der Waals surface area contributed by atoms with Crippen molar-refractivity contribution in [2.45, 2.75) is 243 Å². The standard InChI is InChI=1S/C47H81N3O3/c1-6-7-8-9-10-11-12-13-14-15-16-17-21-24-27-33-38-49-42(51)46(53-47(49)36-31-25-22-19-18-20-23-26-32-37-47)39-44(2,3)50(45(4,5)40-46)43(52)48-41-34-29-28-30-35-41/h28-30,34-35H,6-27,31-33,36-40H2,1-5H3,(H,48,52). The number of urea groups is 1. The Hall–Kier alpha value is -2.08. The molecule has 6 heteroatoms. The van der Waals surface area contributed by atoms with Crippen LogP contribution in [0, 0.1) is 0 Å². The SMILES string of the molecule is CCCCCCCCCCCCCCCCCCN1C(=O)C2(CC(C)(C)N(C(=O)Nc3ccccc3)C(C)(C)C2)OC12CCCCCCCCCCC2. The molecule has 0 atom stereocenters. The number of carbonyl (C=O) groups excluding carboxylic acids is 2. The van der Waals surface area contributed by atoms with Gasteiger partial charge in [0.2, 0.25) is 0 Å². The molecule has 1 aliphatic carbocycles. The summed E-state index contributed by atoms with van der Waals surface area (Å²) in [7, 11) is 0. The van der Waals surface area contributed by atoms with Gasteiger partial charge >= 0.3 is 6.03 Å². The van der Waals surface area contributed by atoms with Gasteiger partial charge in [-0.15, -0.1) is 0 Å². The topological polar surface area (TPSA) is 61.9 Å². The second kappa shape index (κ2) is 21.9. The van der Waals surface area contributed by atoms with Crippen LogP contribution < -0.4 is 5.32 Å². The van der Waals surface area contributed by atoms with Gasteiger partial charge in [-0.05, 0) is 71.9 Å². The molecule has 3 amide bonds. The predicted molar refractivity (Wildman–Crippen MR) is 223 cm³/mol. The Morgan fingerprint density at radius 3 is 1.49 bits per heavy atom. The lowest BCUT2D eigenvalue weighted by Gasteiger charge is -2.57. The zero-order valence-electron chi connectivity index (χ0n) is 35.2. The molecule has 4 rings (SSSR count). The number of hydrogen-bond donors (Lipinski definition) is 1. The Bertz CT molecular complexity index is 1170. The number of nitrogens with zero attached hydrogens (tertiary/aromatic N) is 2. The van der Waals surface area contributed by atoms with Crippen molar-refractivity contribution >= 4 is 17.6 Å². The van der Waals surface area contributed by atoms with Gasteiger partial charge in [0.15, 0.2) is 5.60 Å². The summed E-state index contributed by atoms with van der Waals surface area (Å²) in [6.07, 6.45) is 35.6. The molecule has 0 aromatic heterocycles. The smallest absolute Gasteiger partial charge is 0.322 e. The van der Waals surface area contributed by atoms with Crippen molar-refractivity contribution in [2.75, 3.05) is 11.9 Å². The lowest BCUT2D eigenvalue weighted by atomic mass is 9.70. The second-order valence-electron chi connectivity index (χ2n) is 18.6. The summed E-state index contributed by atoms with van der Waals surface area (Å²) in [6, 6.07) is 9.59. The van der Waals surface area contributed by atoms with E-state index in [1.165, 1.54) is 141 Å². The van der Waals surface area contributed by atoms with Gasteiger partial charge in [-0.1, -0.05) is 166 Å². The Balaban J connectivity index is 1.35. The predicted octanol–water partition coefficient (Wildman–Crippen LogP) is 13.7. The second-order valence-corrected chi connectivity index (χ2v) is 18.6. The molecule has 2 heterocycles. The third-order valence-corrected chi connectivity index (χ3v) is 12.8. The van der Waals surface area contributed by atoms with Gasteiger partial charge < -0.3 is 19.9 Å². The van der Waals surface area contributed by atoms with Crippen molar-refractivity contribution in [2.24, 2.45) is 0 Å². The highest BCUT2D eigenvalue weighted by Gasteiger charge is 2.66. The molecule has 1 N–H and O–H groups in total. The van der Waals surface area contributed by atoms with Gasteiger partial charge in [-0.3, -0.25) is 4.79 Å². The van der Waals surface area contributed by atoms with Crippen LogP contribution in [0.1, 0.15) is 221 Å². The van der Waals surface area contributed by atoms with Gasteiger partial charge in [0.05, 0.1) is 0 Å². The van der Waals surface area contributed by atoms with Crippen LogP contribution in [0.15, 0.2) is 30.3 Å². The van der Waals surface area contributed by atoms with E-state index in [-0.39, 0.29) is 11.9 Å². The molecule has 3 aliphatic rings. The largest absolute Gasteiger partial charge is 0.339 e. The van der Waals surface area contributed by atoms with Crippen molar-refractivity contribution < 1.29 is 14.3 Å². The first-order chi connectivity index (χ1) is 25.6. The average Bonchev–Trinajstić information content (AvgIpc) is 3.30. The summed E-state index contributed by atoms with van der Waals surface area (Å²) >= 11 is 0. The number of likely N-dealkylation sites (tertiary alicyclic amines) is 1. The van der Waals surface area contributed by atoms with Gasteiger partial charge in [0.25, 0.3) is 5.91 Å². The maximum absolute atomic E-state index is 15.0. The number of rotatable bonds is 18. The van der Waals surface area contributed by atoms with E-state index in [1.54, 1.807) is 0 Å². The third-order valence-electron chi connectivity index (χ3n) is 12.8. The molecular weight excluding hydrogens is 655 g/mol. The Morgan fingerprint density at radius 2 is 1.04 bits per heavy atom. The fraction of sp³-hybridized carbons (Fsp3) is 0.830. The monoisotopic (exact) mass is 736 g/mol. The molecule has 0 unspecified atom stereocenters. The summed E-state index contributed by atoms with van der Waals surface area (Å²) in [5.41, 5.74) is -1.82. The average molecular weight is 736 g/mol. The number of para-hydroxylation sites is 1. The molecular formula is C47H81N3O3. The fourth-order valence-corrected chi connectivity index (χ4v) is 10.5. The number of amides is 3. The highest BCUT2D eigenvalue weighted by molar-refractivity contribution is 5.92. The van der Waals surface area contributed by atoms with E-state index in [1.807, 2.05) is 35.2 Å². The van der Waals surface area contributed by atoms with Crippen LogP contribution in [-0.2, 0) is 9.53 Å². The molecule has 3 fully saturated rings. The van der Waals surface area contributed by atoms with E-state index in [4.69, 9.17) is 4.74 Å². The van der Waals surface area contributed by atoms with Crippen LogP contribution in [0.5, 0.6) is 0 Å². The summed E-state index contributed by atoms with van der Waals surface area (Å²) in [4.78, 5) is 33.2. The summed E-state index contributed by atoms with van der Waals surface area (Å²) < 4.78 is 7.46. The van der Waals surface area contributed by atoms with Crippen LogP contribution >= 0.6 is 0 Å². The number of carbonyl (C=O) groups is 2. The van der Waals surface area contributed by atoms with Crippen molar-refractivity contribution in [1.29, 1.82) is 0 Å². The van der Waals surface area contributed by atoms with Crippen LogP contribution in [-0.4, -0.2) is 50.7 Å². The van der Waals surface area contributed by atoms with Gasteiger partial charge in [-0.2, -0.15) is 0 Å². The molecule has 2 spiro atoms. The molecule has 1 aromatic carbocycles. The first kappa shape index (κ1) is 43.6. The van der Waals surface area contributed by atoms with E-state index in [9.17, 15) is 4.79 Å². The molecule has 302 valence electrons. The quantitative estimate of drug-likeness (QED) is 0.153. The van der Waals surface area contributed by atoms with Gasteiger partial charge in [0, 0.05) is 36.2 Å². The Morgan fingerprint density at radius 1 is 0.623 bits per heavy atom. The molecule has 2 saturated heterocycles.